The topological polar surface area (TPSA) is 98.7 Å². The number of rotatable bonds is 13. The van der Waals surface area contributed by atoms with Crippen LogP contribution in [0, 0.1) is 0 Å². The van der Waals surface area contributed by atoms with Gasteiger partial charge in [-0.1, -0.05) is 134 Å². The Morgan fingerprint density at radius 3 is 1.32 bits per heavy atom. The van der Waals surface area contributed by atoms with Gasteiger partial charge in [-0.25, -0.2) is 0 Å². The van der Waals surface area contributed by atoms with E-state index >= 15 is 0 Å². The molecule has 2 rings (SSSR count). The van der Waals surface area contributed by atoms with E-state index in [0.29, 0.717) is 30.9 Å². The number of unbranched alkanes of at least 4 members (excludes halogenated alkanes) is 3. The predicted octanol–water partition coefficient (Wildman–Crippen LogP) is 9.28. The summed E-state index contributed by atoms with van der Waals surface area (Å²) in [6, 6.07) is 8.44. The van der Waals surface area contributed by atoms with Gasteiger partial charge in [-0.3, -0.25) is 9.59 Å². The predicted molar refractivity (Wildman–Crippen MR) is 199 cm³/mol. The number of aryl methyl sites for hydroxylation is 2. The van der Waals surface area contributed by atoms with Crippen molar-refractivity contribution in [2.24, 2.45) is 0 Å². The quantitative estimate of drug-likeness (QED) is 0.128. The minimum atomic E-state index is -0.163. The van der Waals surface area contributed by atoms with Crippen molar-refractivity contribution >= 4 is 12.3 Å². The molecule has 6 heteroatoms. The van der Waals surface area contributed by atoms with Crippen LogP contribution >= 0.6 is 0 Å². The molecule has 0 fully saturated rings. The molecule has 0 aliphatic heterocycles. The van der Waals surface area contributed by atoms with Gasteiger partial charge in [0.1, 0.15) is 11.5 Å². The Balaban J connectivity index is 0.000000524. The summed E-state index contributed by atoms with van der Waals surface area (Å²) in [5, 5.41) is 27.0. The molecule has 0 saturated carbocycles. The van der Waals surface area contributed by atoms with Crippen LogP contribution in [0.2, 0.25) is 0 Å². The third kappa shape index (κ3) is 14.3. The van der Waals surface area contributed by atoms with Crippen LogP contribution in [0.4, 0.5) is 0 Å². The lowest BCUT2D eigenvalue weighted by atomic mass is 9.78. The van der Waals surface area contributed by atoms with Gasteiger partial charge in [-0.05, 0) is 80.7 Å². The number of carbonyl (C=O) groups is 2. The maximum atomic E-state index is 12.2. The lowest BCUT2D eigenvalue weighted by molar-refractivity contribution is -0.121. The summed E-state index contributed by atoms with van der Waals surface area (Å²) in [5.74, 6) is 0.923. The Morgan fingerprint density at radius 2 is 0.979 bits per heavy atom. The molecule has 2 amide bonds. The Kier molecular flexibility index (Phi) is 16.0. The van der Waals surface area contributed by atoms with Gasteiger partial charge in [0.05, 0.1) is 0 Å². The summed E-state index contributed by atoms with van der Waals surface area (Å²) >= 11 is 0. The number of carbonyl (C=O) groups excluding carboxylic acids is 2. The molecule has 0 heterocycles. The zero-order valence-corrected chi connectivity index (χ0v) is 32.2. The van der Waals surface area contributed by atoms with E-state index in [1.54, 1.807) is 0 Å². The number of amides is 2. The summed E-state index contributed by atoms with van der Waals surface area (Å²) < 4.78 is 0. The molecular formula is C41H68N2O4. The van der Waals surface area contributed by atoms with Crippen molar-refractivity contribution in [1.82, 2.24) is 10.6 Å². The van der Waals surface area contributed by atoms with Crippen LogP contribution < -0.4 is 10.6 Å². The number of phenolic OH excluding ortho intramolecular Hbond substituents is 2. The highest BCUT2D eigenvalue weighted by Gasteiger charge is 2.27. The second-order valence-corrected chi connectivity index (χ2v) is 17.2. The first-order valence-corrected chi connectivity index (χ1v) is 17.7. The van der Waals surface area contributed by atoms with Crippen LogP contribution in [0.3, 0.4) is 0 Å². The van der Waals surface area contributed by atoms with Crippen molar-refractivity contribution in [2.45, 2.75) is 163 Å². The molecular weight excluding hydrogens is 584 g/mol. The smallest absolute Gasteiger partial charge is 0.220 e. The van der Waals surface area contributed by atoms with Crippen LogP contribution in [0.5, 0.6) is 11.5 Å². The van der Waals surface area contributed by atoms with Gasteiger partial charge in [0, 0.05) is 19.5 Å². The highest BCUT2D eigenvalue weighted by molar-refractivity contribution is 5.76. The summed E-state index contributed by atoms with van der Waals surface area (Å²) in [6.45, 7) is 29.1. The molecule has 0 aliphatic carbocycles. The molecule has 0 bridgehead atoms. The number of phenols is 2. The molecule has 0 radical (unpaired) electrons. The fourth-order valence-electron chi connectivity index (χ4n) is 5.59. The second kappa shape index (κ2) is 17.9. The van der Waals surface area contributed by atoms with Crippen molar-refractivity contribution < 1.29 is 19.8 Å². The van der Waals surface area contributed by atoms with E-state index in [1.165, 1.54) is 5.56 Å². The van der Waals surface area contributed by atoms with Gasteiger partial charge in [0.15, 0.2) is 0 Å². The van der Waals surface area contributed by atoms with Gasteiger partial charge in [-0.2, -0.15) is 0 Å². The first kappa shape index (κ1) is 42.0. The number of benzene rings is 2. The van der Waals surface area contributed by atoms with E-state index in [2.05, 4.69) is 113 Å². The summed E-state index contributed by atoms with van der Waals surface area (Å²) in [7, 11) is 0. The molecule has 0 saturated heterocycles. The number of nitrogens with one attached hydrogen (secondary N) is 2. The van der Waals surface area contributed by atoms with Crippen LogP contribution in [0.15, 0.2) is 24.3 Å². The van der Waals surface area contributed by atoms with Gasteiger partial charge in [-0.15, -0.1) is 0 Å². The SMILES string of the molecule is CC(C)(C)c1cc(CCC(=O)NCCCCCCNC=O)cc(C(C)(C)C)c1O.CCCc1cc(C(C)(C)C)c(O)c(C(C)(C)C)c1. The largest absolute Gasteiger partial charge is 0.507 e. The molecule has 0 aliphatic rings. The Hall–Kier alpha value is -3.02. The average molecular weight is 653 g/mol. The molecule has 47 heavy (non-hydrogen) atoms. The van der Waals surface area contributed by atoms with E-state index < -0.39 is 0 Å². The molecule has 2 aromatic rings. The van der Waals surface area contributed by atoms with Crippen LogP contribution in [0.25, 0.3) is 0 Å². The van der Waals surface area contributed by atoms with Gasteiger partial charge in [0.2, 0.25) is 12.3 Å². The van der Waals surface area contributed by atoms with Crippen molar-refractivity contribution in [3.8, 4) is 11.5 Å². The van der Waals surface area contributed by atoms with Crippen molar-refractivity contribution in [3.63, 3.8) is 0 Å². The zero-order valence-electron chi connectivity index (χ0n) is 32.2. The minimum absolute atomic E-state index is 0.0200. The van der Waals surface area contributed by atoms with Crippen LogP contribution in [0.1, 0.15) is 162 Å². The Bertz CT molecular complexity index is 1210. The standard InChI is InChI=1S/C24H40N2O3.C17H28O/c1-23(2,3)19-15-18(16-20(22(19)29)24(4,5)6)11-12-21(28)26-14-10-8-7-9-13-25-17-27;1-8-9-12-10-13(16(2,3)4)15(18)14(11-12)17(5,6)7/h15-17,29H,7-14H2,1-6H3,(H,25,27)(H,26,28);10-11,18H,8-9H2,1-7H3. The summed E-state index contributed by atoms with van der Waals surface area (Å²) in [5.41, 5.74) is 6.07. The molecule has 0 atom stereocenters. The normalized spacial score (nSPS) is 12.3. The highest BCUT2D eigenvalue weighted by atomic mass is 16.3. The third-order valence-electron chi connectivity index (χ3n) is 8.40. The third-order valence-corrected chi connectivity index (χ3v) is 8.40. The van der Waals surface area contributed by atoms with Gasteiger partial charge in [0.25, 0.3) is 0 Å². The summed E-state index contributed by atoms with van der Waals surface area (Å²) in [6.07, 6.45) is 8.07. The lowest BCUT2D eigenvalue weighted by Gasteiger charge is -2.28. The molecule has 0 spiro atoms. The van der Waals surface area contributed by atoms with E-state index in [4.69, 9.17) is 0 Å². The highest BCUT2D eigenvalue weighted by Crippen LogP contribution is 2.41. The van der Waals surface area contributed by atoms with Crippen molar-refractivity contribution in [3.05, 3.63) is 57.6 Å². The molecule has 6 nitrogen and oxygen atoms in total. The average Bonchev–Trinajstić information content (AvgIpc) is 2.92. The number of hydrogen-bond donors (Lipinski definition) is 4. The fraction of sp³-hybridized carbons (Fsp3) is 0.659. The van der Waals surface area contributed by atoms with Crippen molar-refractivity contribution in [2.75, 3.05) is 13.1 Å². The van der Waals surface area contributed by atoms with E-state index in [9.17, 15) is 19.8 Å². The Labute approximate surface area is 287 Å². The van der Waals surface area contributed by atoms with Crippen LogP contribution in [-0.4, -0.2) is 35.6 Å². The van der Waals surface area contributed by atoms with Crippen LogP contribution in [-0.2, 0) is 44.1 Å². The van der Waals surface area contributed by atoms with E-state index in [-0.39, 0.29) is 27.6 Å². The summed E-state index contributed by atoms with van der Waals surface area (Å²) in [4.78, 5) is 22.4. The van der Waals surface area contributed by atoms with E-state index in [0.717, 1.165) is 79.3 Å². The maximum Gasteiger partial charge on any atom is 0.220 e. The van der Waals surface area contributed by atoms with Gasteiger partial charge >= 0.3 is 0 Å². The molecule has 4 N–H and O–H groups in total. The maximum absolute atomic E-state index is 12.2. The number of hydrogen-bond acceptors (Lipinski definition) is 4. The second-order valence-electron chi connectivity index (χ2n) is 17.2. The van der Waals surface area contributed by atoms with Crippen molar-refractivity contribution in [1.29, 1.82) is 0 Å². The minimum Gasteiger partial charge on any atom is -0.507 e. The lowest BCUT2D eigenvalue weighted by Crippen LogP contribution is -2.25. The Morgan fingerprint density at radius 1 is 0.617 bits per heavy atom. The first-order valence-electron chi connectivity index (χ1n) is 17.7. The zero-order chi connectivity index (χ0) is 36.2. The van der Waals surface area contributed by atoms with E-state index in [1.807, 2.05) is 12.1 Å². The monoisotopic (exact) mass is 653 g/mol. The number of aromatic hydroxyl groups is 2. The van der Waals surface area contributed by atoms with Gasteiger partial charge < -0.3 is 20.8 Å². The molecule has 0 unspecified atom stereocenters. The molecule has 266 valence electrons. The molecule has 0 aromatic heterocycles. The first-order chi connectivity index (χ1) is 21.5. The fourth-order valence-corrected chi connectivity index (χ4v) is 5.59. The molecule has 2 aromatic carbocycles.